The van der Waals surface area contributed by atoms with Gasteiger partial charge in [0.2, 0.25) is 0 Å². The zero-order chi connectivity index (χ0) is 13.4. The lowest BCUT2D eigenvalue weighted by Gasteiger charge is -2.06. The number of fused-ring (bicyclic) bond motifs is 1. The first-order valence-corrected chi connectivity index (χ1v) is 6.42. The molecule has 0 N–H and O–H groups in total. The van der Waals surface area contributed by atoms with Crippen LogP contribution in [0.1, 0.15) is 12.7 Å². The van der Waals surface area contributed by atoms with Gasteiger partial charge in [-0.25, -0.2) is 4.98 Å². The second-order valence-electron chi connectivity index (χ2n) is 5.04. The Morgan fingerprint density at radius 2 is 2.05 bits per heavy atom. The Morgan fingerprint density at radius 3 is 2.74 bits per heavy atom. The van der Waals surface area contributed by atoms with E-state index in [1.165, 1.54) is 0 Å². The van der Waals surface area contributed by atoms with Crippen molar-refractivity contribution in [2.75, 3.05) is 7.11 Å². The van der Waals surface area contributed by atoms with E-state index in [-0.39, 0.29) is 5.56 Å². The fraction of sp³-hybridized carbons (Fsp3) is 0.333. The molecular weight excluding hydrogens is 240 g/mol. The molecule has 1 aromatic heterocycles. The smallest absolute Gasteiger partial charge is 0.254 e. The average molecular weight is 256 g/mol. The Morgan fingerprint density at radius 1 is 1.32 bits per heavy atom. The molecule has 4 nitrogen and oxygen atoms in total. The number of methoxy groups -OCH3 is 1. The molecule has 3 rings (SSSR count). The van der Waals surface area contributed by atoms with Crippen molar-refractivity contribution < 1.29 is 4.74 Å². The van der Waals surface area contributed by atoms with Crippen molar-refractivity contribution in [2.45, 2.75) is 19.9 Å². The molecule has 0 saturated heterocycles. The molecule has 1 unspecified atom stereocenters. The van der Waals surface area contributed by atoms with Crippen molar-refractivity contribution in [1.82, 2.24) is 9.55 Å². The van der Waals surface area contributed by atoms with E-state index in [0.29, 0.717) is 5.92 Å². The maximum Gasteiger partial charge on any atom is 0.254 e. The molecule has 19 heavy (non-hydrogen) atoms. The first-order valence-electron chi connectivity index (χ1n) is 6.42. The molecule has 0 spiro atoms. The van der Waals surface area contributed by atoms with E-state index in [1.807, 2.05) is 24.3 Å². The maximum atomic E-state index is 12.1. The van der Waals surface area contributed by atoms with Gasteiger partial charge in [-0.1, -0.05) is 6.92 Å². The molecule has 1 aliphatic rings. The van der Waals surface area contributed by atoms with Gasteiger partial charge in [0.1, 0.15) is 11.6 Å². The third kappa shape index (κ3) is 2.14. The van der Waals surface area contributed by atoms with E-state index in [4.69, 9.17) is 4.74 Å². The van der Waals surface area contributed by atoms with Gasteiger partial charge in [0.15, 0.2) is 0 Å². The summed E-state index contributed by atoms with van der Waals surface area (Å²) in [6, 6.07) is 9.23. The van der Waals surface area contributed by atoms with Crippen molar-refractivity contribution in [2.24, 2.45) is 5.92 Å². The molecule has 4 heteroatoms. The second-order valence-corrected chi connectivity index (χ2v) is 5.04. The van der Waals surface area contributed by atoms with Crippen molar-refractivity contribution in [1.29, 1.82) is 0 Å². The standard InChI is InChI=1S/C15H16N2O2/c1-10-7-14-16-13(8-15(18)17(14)9-10)11-3-5-12(19-2)6-4-11/h3-6,8,10H,7,9H2,1-2H3. The molecule has 1 aliphatic heterocycles. The van der Waals surface area contributed by atoms with E-state index in [1.54, 1.807) is 17.7 Å². The minimum absolute atomic E-state index is 0.0418. The fourth-order valence-electron chi connectivity index (χ4n) is 2.50. The van der Waals surface area contributed by atoms with E-state index in [9.17, 15) is 4.79 Å². The van der Waals surface area contributed by atoms with E-state index >= 15 is 0 Å². The number of hydrogen-bond donors (Lipinski definition) is 0. The molecule has 0 radical (unpaired) electrons. The van der Waals surface area contributed by atoms with Crippen LogP contribution in [0.15, 0.2) is 35.1 Å². The minimum atomic E-state index is 0.0418. The Labute approximate surface area is 111 Å². The first-order chi connectivity index (χ1) is 9.17. The number of hydrogen-bond acceptors (Lipinski definition) is 3. The van der Waals surface area contributed by atoms with Gasteiger partial charge in [0.25, 0.3) is 5.56 Å². The highest BCUT2D eigenvalue weighted by molar-refractivity contribution is 5.59. The molecule has 0 saturated carbocycles. The summed E-state index contributed by atoms with van der Waals surface area (Å²) in [6.07, 6.45) is 0.874. The average Bonchev–Trinajstić information content (AvgIpc) is 2.80. The first kappa shape index (κ1) is 12.0. The van der Waals surface area contributed by atoms with Crippen molar-refractivity contribution in [3.63, 3.8) is 0 Å². The zero-order valence-corrected chi connectivity index (χ0v) is 11.1. The Kier molecular flexibility index (Phi) is 2.85. The summed E-state index contributed by atoms with van der Waals surface area (Å²) in [5.41, 5.74) is 1.73. The van der Waals surface area contributed by atoms with Gasteiger partial charge >= 0.3 is 0 Å². The summed E-state index contributed by atoms with van der Waals surface area (Å²) in [4.78, 5) is 16.7. The van der Waals surface area contributed by atoms with Crippen molar-refractivity contribution >= 4 is 0 Å². The SMILES string of the molecule is COc1ccc(-c2cc(=O)n3c(n2)CC(C)C3)cc1. The minimum Gasteiger partial charge on any atom is -0.497 e. The molecule has 2 heterocycles. The van der Waals surface area contributed by atoms with Crippen LogP contribution in [0.3, 0.4) is 0 Å². The van der Waals surface area contributed by atoms with Crippen molar-refractivity contribution in [3.8, 4) is 17.0 Å². The maximum absolute atomic E-state index is 12.1. The van der Waals surface area contributed by atoms with Crippen LogP contribution >= 0.6 is 0 Å². The van der Waals surface area contributed by atoms with Gasteiger partial charge < -0.3 is 4.74 Å². The summed E-state index contributed by atoms with van der Waals surface area (Å²) in [5, 5.41) is 0. The molecular formula is C15H16N2O2. The predicted octanol–water partition coefficient (Wildman–Crippen LogP) is 2.11. The van der Waals surface area contributed by atoms with Gasteiger partial charge in [0.05, 0.1) is 12.8 Å². The third-order valence-electron chi connectivity index (χ3n) is 3.50. The van der Waals surface area contributed by atoms with Crippen LogP contribution in [0, 0.1) is 5.92 Å². The molecule has 0 amide bonds. The lowest BCUT2D eigenvalue weighted by Crippen LogP contribution is -2.20. The lowest BCUT2D eigenvalue weighted by molar-refractivity contribution is 0.415. The molecule has 2 aromatic rings. The topological polar surface area (TPSA) is 44.1 Å². The quantitative estimate of drug-likeness (QED) is 0.826. The van der Waals surface area contributed by atoms with Crippen LogP contribution < -0.4 is 10.3 Å². The van der Waals surface area contributed by atoms with Gasteiger partial charge in [0, 0.05) is 24.6 Å². The zero-order valence-electron chi connectivity index (χ0n) is 11.1. The Hall–Kier alpha value is -2.10. The van der Waals surface area contributed by atoms with Crippen LogP contribution in [-0.2, 0) is 13.0 Å². The number of aromatic nitrogens is 2. The normalized spacial score (nSPS) is 17.3. The molecule has 98 valence electrons. The molecule has 1 aromatic carbocycles. The number of benzene rings is 1. The monoisotopic (exact) mass is 256 g/mol. The van der Waals surface area contributed by atoms with Crippen LogP contribution in [-0.4, -0.2) is 16.7 Å². The summed E-state index contributed by atoms with van der Waals surface area (Å²) in [5.74, 6) is 2.19. The van der Waals surface area contributed by atoms with Gasteiger partial charge in [-0.3, -0.25) is 9.36 Å². The highest BCUT2D eigenvalue weighted by Crippen LogP contribution is 2.22. The Bertz CT molecular complexity index is 659. The summed E-state index contributed by atoms with van der Waals surface area (Å²) in [7, 11) is 1.64. The summed E-state index contributed by atoms with van der Waals surface area (Å²) < 4.78 is 6.91. The molecule has 0 aliphatic carbocycles. The highest BCUT2D eigenvalue weighted by atomic mass is 16.5. The fourth-order valence-corrected chi connectivity index (χ4v) is 2.50. The summed E-state index contributed by atoms with van der Waals surface area (Å²) in [6.45, 7) is 2.92. The number of nitrogens with zero attached hydrogens (tertiary/aromatic N) is 2. The molecule has 0 bridgehead atoms. The van der Waals surface area contributed by atoms with Crippen LogP contribution in [0.4, 0.5) is 0 Å². The summed E-state index contributed by atoms with van der Waals surface area (Å²) >= 11 is 0. The van der Waals surface area contributed by atoms with E-state index in [0.717, 1.165) is 35.8 Å². The van der Waals surface area contributed by atoms with Crippen LogP contribution in [0.25, 0.3) is 11.3 Å². The van der Waals surface area contributed by atoms with Gasteiger partial charge in [-0.15, -0.1) is 0 Å². The Balaban J connectivity index is 2.04. The van der Waals surface area contributed by atoms with Crippen LogP contribution in [0.5, 0.6) is 5.75 Å². The highest BCUT2D eigenvalue weighted by Gasteiger charge is 2.20. The number of rotatable bonds is 2. The van der Waals surface area contributed by atoms with E-state index in [2.05, 4.69) is 11.9 Å². The largest absolute Gasteiger partial charge is 0.497 e. The van der Waals surface area contributed by atoms with Crippen molar-refractivity contribution in [3.05, 3.63) is 46.5 Å². The second kappa shape index (κ2) is 4.53. The predicted molar refractivity (Wildman–Crippen MR) is 73.4 cm³/mol. The van der Waals surface area contributed by atoms with Gasteiger partial charge in [-0.05, 0) is 30.2 Å². The lowest BCUT2D eigenvalue weighted by atomic mass is 10.1. The molecule has 0 fully saturated rings. The molecule has 1 atom stereocenters. The third-order valence-corrected chi connectivity index (χ3v) is 3.50. The van der Waals surface area contributed by atoms with Crippen LogP contribution in [0.2, 0.25) is 0 Å². The van der Waals surface area contributed by atoms with E-state index < -0.39 is 0 Å². The van der Waals surface area contributed by atoms with Gasteiger partial charge in [-0.2, -0.15) is 0 Å². The number of ether oxygens (including phenoxy) is 1.